The number of anilines is 1. The van der Waals surface area contributed by atoms with Gasteiger partial charge in [0.1, 0.15) is 0 Å². The molecule has 0 bridgehead atoms. The van der Waals surface area contributed by atoms with E-state index in [0.717, 1.165) is 17.5 Å². The first kappa shape index (κ1) is 21.9. The molecule has 30 heavy (non-hydrogen) atoms. The molecule has 0 spiro atoms. The molecule has 8 nitrogen and oxygen atoms in total. The van der Waals surface area contributed by atoms with Crippen molar-refractivity contribution in [1.29, 1.82) is 0 Å². The molecule has 2 N–H and O–H groups in total. The highest BCUT2D eigenvalue weighted by atomic mass is 32.2. The number of hydrogen-bond donors (Lipinski definition) is 2. The summed E-state index contributed by atoms with van der Waals surface area (Å²) in [6, 6.07) is 13.5. The summed E-state index contributed by atoms with van der Waals surface area (Å²) in [4.78, 5) is 17.4. The second-order valence-electron chi connectivity index (χ2n) is 6.61. The molecule has 3 rings (SSSR count). The molecule has 0 saturated heterocycles. The number of carbonyl (C=O) groups excluding carboxylic acids is 1. The Balaban J connectivity index is 1.80. The highest BCUT2D eigenvalue weighted by Gasteiger charge is 2.16. The zero-order valence-electron chi connectivity index (χ0n) is 17.1. The number of aromatic nitrogens is 2. The van der Waals surface area contributed by atoms with Crippen molar-refractivity contribution in [3.8, 4) is 0 Å². The molecule has 0 aliphatic carbocycles. The van der Waals surface area contributed by atoms with Gasteiger partial charge in [-0.3, -0.25) is 10.1 Å². The molecule has 9 heteroatoms. The highest BCUT2D eigenvalue weighted by molar-refractivity contribution is 7.89. The number of hydrogen-bond acceptors (Lipinski definition) is 5. The minimum Gasteiger partial charge on any atom is -0.382 e. The van der Waals surface area contributed by atoms with E-state index in [4.69, 9.17) is 4.74 Å². The third-order valence-corrected chi connectivity index (χ3v) is 6.08. The third kappa shape index (κ3) is 5.05. The number of aryl methyl sites for hydroxylation is 1. The quantitative estimate of drug-likeness (QED) is 0.482. The number of benzene rings is 2. The van der Waals surface area contributed by atoms with Crippen LogP contribution in [0.4, 0.5) is 5.95 Å². The van der Waals surface area contributed by atoms with Gasteiger partial charge in [0.15, 0.2) is 0 Å². The maximum Gasteiger partial charge on any atom is 0.257 e. The smallest absolute Gasteiger partial charge is 0.257 e. The average molecular weight is 431 g/mol. The lowest BCUT2D eigenvalue weighted by Crippen LogP contribution is -2.23. The van der Waals surface area contributed by atoms with Crippen molar-refractivity contribution in [2.45, 2.75) is 31.7 Å². The molecule has 0 fully saturated rings. The van der Waals surface area contributed by atoms with Crippen molar-refractivity contribution in [2.24, 2.45) is 0 Å². The lowest BCUT2D eigenvalue weighted by molar-refractivity contribution is 0.102. The van der Waals surface area contributed by atoms with Crippen LogP contribution in [0.25, 0.3) is 11.0 Å². The van der Waals surface area contributed by atoms with Crippen LogP contribution in [0.3, 0.4) is 0 Å². The molecule has 0 aliphatic heterocycles. The van der Waals surface area contributed by atoms with E-state index < -0.39 is 10.0 Å². The summed E-state index contributed by atoms with van der Waals surface area (Å²) < 4.78 is 33.9. The van der Waals surface area contributed by atoms with Gasteiger partial charge in [-0.25, -0.2) is 18.1 Å². The van der Waals surface area contributed by atoms with E-state index in [1.54, 1.807) is 6.92 Å². The molecule has 0 atom stereocenters. The van der Waals surface area contributed by atoms with E-state index in [-0.39, 0.29) is 10.8 Å². The highest BCUT2D eigenvalue weighted by Crippen LogP contribution is 2.21. The van der Waals surface area contributed by atoms with Crippen LogP contribution in [0.15, 0.2) is 53.4 Å². The molecular weight excluding hydrogens is 404 g/mol. The van der Waals surface area contributed by atoms with E-state index in [1.165, 1.54) is 24.3 Å². The number of nitrogens with zero attached hydrogens (tertiary/aromatic N) is 2. The second kappa shape index (κ2) is 9.84. The van der Waals surface area contributed by atoms with Gasteiger partial charge in [0, 0.05) is 31.9 Å². The number of ether oxygens (including phenoxy) is 1. The summed E-state index contributed by atoms with van der Waals surface area (Å²) in [6.07, 6.45) is 0.786. The van der Waals surface area contributed by atoms with Crippen molar-refractivity contribution < 1.29 is 17.9 Å². The van der Waals surface area contributed by atoms with E-state index in [9.17, 15) is 13.2 Å². The third-order valence-electron chi connectivity index (χ3n) is 4.52. The van der Waals surface area contributed by atoms with E-state index in [2.05, 4.69) is 15.0 Å². The summed E-state index contributed by atoms with van der Waals surface area (Å²) in [5.41, 5.74) is 2.06. The summed E-state index contributed by atoms with van der Waals surface area (Å²) in [7, 11) is -3.56. The maximum absolute atomic E-state index is 12.8. The Morgan fingerprint density at radius 1 is 1.10 bits per heavy atom. The molecule has 0 saturated carbocycles. The van der Waals surface area contributed by atoms with Crippen LogP contribution in [0.1, 0.15) is 30.6 Å². The van der Waals surface area contributed by atoms with Gasteiger partial charge in [0.2, 0.25) is 16.0 Å². The summed E-state index contributed by atoms with van der Waals surface area (Å²) in [5, 5.41) is 2.85. The van der Waals surface area contributed by atoms with E-state index in [0.29, 0.717) is 37.8 Å². The average Bonchev–Trinajstić information content (AvgIpc) is 3.08. The first-order chi connectivity index (χ1) is 14.5. The fraction of sp³-hybridized carbons (Fsp3) is 0.333. The van der Waals surface area contributed by atoms with Gasteiger partial charge in [-0.05, 0) is 49.7 Å². The van der Waals surface area contributed by atoms with Crippen LogP contribution in [0, 0.1) is 0 Å². The first-order valence-corrected chi connectivity index (χ1v) is 11.4. The van der Waals surface area contributed by atoms with Crippen molar-refractivity contribution in [3.63, 3.8) is 0 Å². The zero-order chi connectivity index (χ0) is 21.6. The Morgan fingerprint density at radius 3 is 2.53 bits per heavy atom. The predicted octanol–water partition coefficient (Wildman–Crippen LogP) is 3.01. The van der Waals surface area contributed by atoms with Crippen LogP contribution < -0.4 is 10.0 Å². The maximum atomic E-state index is 12.8. The van der Waals surface area contributed by atoms with Crippen molar-refractivity contribution >= 4 is 32.9 Å². The molecule has 1 amide bonds. The van der Waals surface area contributed by atoms with Gasteiger partial charge < -0.3 is 9.30 Å². The number of fused-ring (bicyclic) bond motifs is 1. The van der Waals surface area contributed by atoms with Crippen LogP contribution in [0.2, 0.25) is 0 Å². The van der Waals surface area contributed by atoms with Crippen molar-refractivity contribution in [2.75, 3.05) is 25.1 Å². The molecule has 1 aromatic heterocycles. The molecule has 0 radical (unpaired) electrons. The Bertz CT molecular complexity index is 1110. The minimum atomic E-state index is -3.56. The molecule has 1 heterocycles. The molecule has 3 aromatic rings. The molecular formula is C21H26N4O4S. The van der Waals surface area contributed by atoms with Gasteiger partial charge in [0.25, 0.3) is 5.91 Å². The molecule has 0 unspecified atom stereocenters. The molecule has 160 valence electrons. The first-order valence-electron chi connectivity index (χ1n) is 9.90. The summed E-state index contributed by atoms with van der Waals surface area (Å²) in [5.74, 6) is 0.0887. The van der Waals surface area contributed by atoms with Gasteiger partial charge >= 0.3 is 0 Å². The number of carbonyl (C=O) groups is 1. The number of imidazole rings is 1. The summed E-state index contributed by atoms with van der Waals surface area (Å²) in [6.45, 7) is 5.89. The van der Waals surface area contributed by atoms with Gasteiger partial charge in [-0.2, -0.15) is 0 Å². The Morgan fingerprint density at radius 2 is 1.83 bits per heavy atom. The number of nitrogens with one attached hydrogen (secondary N) is 2. The van der Waals surface area contributed by atoms with Gasteiger partial charge in [0.05, 0.1) is 15.9 Å². The van der Waals surface area contributed by atoms with Crippen LogP contribution in [-0.2, 0) is 21.3 Å². The SMILES string of the molecule is CCNS(=O)(=O)c1ccc(C(=O)Nc2nc3ccccc3n2CCCOCC)cc1. The second-order valence-corrected chi connectivity index (χ2v) is 8.37. The fourth-order valence-electron chi connectivity index (χ4n) is 3.10. The van der Waals surface area contributed by atoms with Crippen LogP contribution in [-0.4, -0.2) is 43.6 Å². The van der Waals surface area contributed by atoms with Gasteiger partial charge in [-0.1, -0.05) is 19.1 Å². The largest absolute Gasteiger partial charge is 0.382 e. The monoisotopic (exact) mass is 430 g/mol. The van der Waals surface area contributed by atoms with E-state index >= 15 is 0 Å². The molecule has 0 aliphatic rings. The lowest BCUT2D eigenvalue weighted by Gasteiger charge is -2.11. The van der Waals surface area contributed by atoms with Gasteiger partial charge in [-0.15, -0.1) is 0 Å². The van der Waals surface area contributed by atoms with Crippen molar-refractivity contribution in [3.05, 3.63) is 54.1 Å². The number of amides is 1. The fourth-order valence-corrected chi connectivity index (χ4v) is 4.14. The van der Waals surface area contributed by atoms with Crippen LogP contribution >= 0.6 is 0 Å². The standard InChI is InChI=1S/C21H26N4O4S/c1-3-22-30(27,28)17-12-10-16(11-13-17)20(26)24-21-23-18-8-5-6-9-19(18)25(21)14-7-15-29-4-2/h5-6,8-13,22H,3-4,7,14-15H2,1-2H3,(H,23,24,26). The normalized spacial score (nSPS) is 11.7. The predicted molar refractivity (Wildman–Crippen MR) is 116 cm³/mol. The Kier molecular flexibility index (Phi) is 7.20. The topological polar surface area (TPSA) is 102 Å². The lowest BCUT2D eigenvalue weighted by atomic mass is 10.2. The van der Waals surface area contributed by atoms with Crippen LogP contribution in [0.5, 0.6) is 0 Å². The Labute approximate surface area is 176 Å². The number of rotatable bonds is 10. The zero-order valence-corrected chi connectivity index (χ0v) is 17.9. The molecule has 2 aromatic carbocycles. The summed E-state index contributed by atoms with van der Waals surface area (Å²) >= 11 is 0. The number of para-hydroxylation sites is 2. The van der Waals surface area contributed by atoms with Crippen molar-refractivity contribution in [1.82, 2.24) is 14.3 Å². The Hall–Kier alpha value is -2.75. The number of sulfonamides is 1. The van der Waals surface area contributed by atoms with E-state index in [1.807, 2.05) is 35.8 Å². The minimum absolute atomic E-state index is 0.115.